The normalized spacial score (nSPS) is 16.7. The van der Waals surface area contributed by atoms with Crippen molar-refractivity contribution in [2.45, 2.75) is 31.4 Å². The summed E-state index contributed by atoms with van der Waals surface area (Å²) in [6.07, 6.45) is 4.49. The first kappa shape index (κ1) is 11.3. The summed E-state index contributed by atoms with van der Waals surface area (Å²) in [6.45, 7) is 0. The van der Waals surface area contributed by atoms with Crippen LogP contribution in [0.3, 0.4) is 0 Å². The average molecular weight is 244 g/mol. The van der Waals surface area contributed by atoms with Gasteiger partial charge in [-0.2, -0.15) is 0 Å². The van der Waals surface area contributed by atoms with E-state index in [9.17, 15) is 4.79 Å². The SMILES string of the molecule is N[C@@H](Cc1c[nH]c2ccccc12)C(=O)OC1CC1. The van der Waals surface area contributed by atoms with Gasteiger partial charge in [0.25, 0.3) is 0 Å². The fraction of sp³-hybridized carbons (Fsp3) is 0.357. The van der Waals surface area contributed by atoms with Gasteiger partial charge in [-0.3, -0.25) is 4.79 Å². The molecule has 0 unspecified atom stereocenters. The Bertz CT molecular complexity index is 572. The molecule has 2 aromatic rings. The maximum atomic E-state index is 11.7. The lowest BCUT2D eigenvalue weighted by molar-refractivity contribution is -0.146. The summed E-state index contributed by atoms with van der Waals surface area (Å²) in [7, 11) is 0. The number of nitrogens with one attached hydrogen (secondary N) is 1. The molecule has 0 bridgehead atoms. The molecule has 0 aliphatic heterocycles. The fourth-order valence-corrected chi connectivity index (χ4v) is 2.06. The first-order valence-electron chi connectivity index (χ1n) is 6.25. The molecule has 4 nitrogen and oxygen atoms in total. The number of benzene rings is 1. The lowest BCUT2D eigenvalue weighted by atomic mass is 10.1. The van der Waals surface area contributed by atoms with Gasteiger partial charge in [-0.1, -0.05) is 18.2 Å². The molecule has 1 saturated carbocycles. The number of esters is 1. The first-order valence-corrected chi connectivity index (χ1v) is 6.25. The van der Waals surface area contributed by atoms with E-state index < -0.39 is 6.04 Å². The summed E-state index contributed by atoms with van der Waals surface area (Å²) in [5, 5.41) is 1.12. The van der Waals surface area contributed by atoms with Crippen LogP contribution in [0.25, 0.3) is 10.9 Å². The summed E-state index contributed by atoms with van der Waals surface area (Å²) >= 11 is 0. The van der Waals surface area contributed by atoms with Gasteiger partial charge in [-0.05, 0) is 24.5 Å². The van der Waals surface area contributed by atoms with Crippen molar-refractivity contribution in [2.24, 2.45) is 5.73 Å². The Balaban J connectivity index is 1.72. The van der Waals surface area contributed by atoms with Crippen molar-refractivity contribution >= 4 is 16.9 Å². The highest BCUT2D eigenvalue weighted by molar-refractivity contribution is 5.84. The molecule has 0 radical (unpaired) electrons. The smallest absolute Gasteiger partial charge is 0.323 e. The number of carbonyl (C=O) groups excluding carboxylic acids is 1. The molecule has 1 fully saturated rings. The highest BCUT2D eigenvalue weighted by Gasteiger charge is 2.28. The second-order valence-corrected chi connectivity index (χ2v) is 4.81. The Morgan fingerprint density at radius 2 is 2.22 bits per heavy atom. The molecule has 1 aliphatic carbocycles. The number of aromatic amines is 1. The van der Waals surface area contributed by atoms with Gasteiger partial charge in [0.15, 0.2) is 0 Å². The molecule has 1 heterocycles. The van der Waals surface area contributed by atoms with Crippen molar-refractivity contribution in [2.75, 3.05) is 0 Å². The van der Waals surface area contributed by atoms with Crippen LogP contribution in [0.15, 0.2) is 30.5 Å². The minimum atomic E-state index is -0.579. The molecule has 18 heavy (non-hydrogen) atoms. The number of nitrogens with two attached hydrogens (primary N) is 1. The molecule has 1 aliphatic rings. The van der Waals surface area contributed by atoms with Crippen molar-refractivity contribution in [3.8, 4) is 0 Å². The number of rotatable bonds is 4. The Labute approximate surface area is 105 Å². The zero-order valence-corrected chi connectivity index (χ0v) is 10.1. The van der Waals surface area contributed by atoms with Crippen molar-refractivity contribution in [1.82, 2.24) is 4.98 Å². The largest absolute Gasteiger partial charge is 0.461 e. The van der Waals surface area contributed by atoms with E-state index in [0.29, 0.717) is 6.42 Å². The highest BCUT2D eigenvalue weighted by Crippen LogP contribution is 2.24. The fourth-order valence-electron chi connectivity index (χ4n) is 2.06. The van der Waals surface area contributed by atoms with E-state index in [1.165, 1.54) is 0 Å². The van der Waals surface area contributed by atoms with Crippen molar-refractivity contribution in [3.05, 3.63) is 36.0 Å². The molecule has 0 saturated heterocycles. The van der Waals surface area contributed by atoms with Crippen LogP contribution in [0.1, 0.15) is 18.4 Å². The van der Waals surface area contributed by atoms with Gasteiger partial charge in [0, 0.05) is 23.5 Å². The number of carbonyl (C=O) groups is 1. The monoisotopic (exact) mass is 244 g/mol. The topological polar surface area (TPSA) is 68.1 Å². The lowest BCUT2D eigenvalue weighted by Gasteiger charge is -2.10. The number of para-hydroxylation sites is 1. The molecule has 1 atom stereocenters. The summed E-state index contributed by atoms with van der Waals surface area (Å²) < 4.78 is 5.21. The number of fused-ring (bicyclic) bond motifs is 1. The van der Waals surface area contributed by atoms with Crippen LogP contribution < -0.4 is 5.73 Å². The zero-order chi connectivity index (χ0) is 12.5. The minimum absolute atomic E-state index is 0.117. The molecule has 3 rings (SSSR count). The van der Waals surface area contributed by atoms with Gasteiger partial charge in [-0.15, -0.1) is 0 Å². The van der Waals surface area contributed by atoms with Crippen LogP contribution in [-0.4, -0.2) is 23.1 Å². The van der Waals surface area contributed by atoms with E-state index >= 15 is 0 Å². The van der Waals surface area contributed by atoms with Crippen molar-refractivity contribution < 1.29 is 9.53 Å². The molecule has 1 aromatic carbocycles. The van der Waals surface area contributed by atoms with Gasteiger partial charge in [0.2, 0.25) is 0 Å². The van der Waals surface area contributed by atoms with Crippen LogP contribution in [0.2, 0.25) is 0 Å². The van der Waals surface area contributed by atoms with Crippen LogP contribution in [-0.2, 0) is 16.0 Å². The average Bonchev–Trinajstić information content (AvgIpc) is 3.10. The third-order valence-corrected chi connectivity index (χ3v) is 3.22. The second-order valence-electron chi connectivity index (χ2n) is 4.81. The van der Waals surface area contributed by atoms with Crippen molar-refractivity contribution in [1.29, 1.82) is 0 Å². The van der Waals surface area contributed by atoms with Gasteiger partial charge in [0.1, 0.15) is 12.1 Å². The molecule has 3 N–H and O–H groups in total. The van der Waals surface area contributed by atoms with E-state index in [4.69, 9.17) is 10.5 Å². The zero-order valence-electron chi connectivity index (χ0n) is 10.1. The van der Waals surface area contributed by atoms with E-state index in [-0.39, 0.29) is 12.1 Å². The molecule has 94 valence electrons. The summed E-state index contributed by atoms with van der Waals surface area (Å²) in [5.74, 6) is -0.289. The predicted octanol–water partition coefficient (Wildman–Crippen LogP) is 1.74. The number of hydrogen-bond acceptors (Lipinski definition) is 3. The van der Waals surface area contributed by atoms with Crippen LogP contribution in [0.4, 0.5) is 0 Å². The van der Waals surface area contributed by atoms with Crippen molar-refractivity contribution in [3.63, 3.8) is 0 Å². The van der Waals surface area contributed by atoms with E-state index in [1.54, 1.807) is 0 Å². The second kappa shape index (κ2) is 4.46. The Hall–Kier alpha value is -1.81. The van der Waals surface area contributed by atoms with Gasteiger partial charge >= 0.3 is 5.97 Å². The highest BCUT2D eigenvalue weighted by atomic mass is 16.5. The van der Waals surface area contributed by atoms with Crippen LogP contribution in [0, 0.1) is 0 Å². The number of hydrogen-bond donors (Lipinski definition) is 2. The Morgan fingerprint density at radius 3 is 3.00 bits per heavy atom. The van der Waals surface area contributed by atoms with E-state index in [2.05, 4.69) is 4.98 Å². The van der Waals surface area contributed by atoms with Gasteiger partial charge in [-0.25, -0.2) is 0 Å². The summed E-state index contributed by atoms with van der Waals surface area (Å²) in [5.41, 5.74) is 8.01. The third-order valence-electron chi connectivity index (χ3n) is 3.22. The standard InChI is InChI=1S/C14H16N2O2/c15-12(14(17)18-10-5-6-10)7-9-8-16-13-4-2-1-3-11(9)13/h1-4,8,10,12,16H,5-7,15H2/t12-/m0/s1. The molecular weight excluding hydrogens is 228 g/mol. The molecule has 1 aromatic heterocycles. The first-order chi connectivity index (χ1) is 8.74. The van der Waals surface area contributed by atoms with Gasteiger partial charge < -0.3 is 15.5 Å². The molecule has 0 amide bonds. The molecule has 0 spiro atoms. The predicted molar refractivity (Wildman–Crippen MR) is 69.1 cm³/mol. The van der Waals surface area contributed by atoms with Crippen LogP contribution >= 0.6 is 0 Å². The van der Waals surface area contributed by atoms with Gasteiger partial charge in [0.05, 0.1) is 0 Å². The summed E-state index contributed by atoms with van der Waals surface area (Å²) in [6, 6.07) is 7.41. The van der Waals surface area contributed by atoms with E-state index in [1.807, 2.05) is 30.5 Å². The number of H-pyrrole nitrogens is 1. The number of aromatic nitrogens is 1. The number of ether oxygens (including phenoxy) is 1. The maximum Gasteiger partial charge on any atom is 0.323 e. The molecule has 4 heteroatoms. The van der Waals surface area contributed by atoms with E-state index in [0.717, 1.165) is 29.3 Å². The Morgan fingerprint density at radius 1 is 1.44 bits per heavy atom. The maximum absolute atomic E-state index is 11.7. The molecular formula is C14H16N2O2. The Kier molecular flexibility index (Phi) is 2.80. The third kappa shape index (κ3) is 2.24. The van der Waals surface area contributed by atoms with Crippen LogP contribution in [0.5, 0.6) is 0 Å². The minimum Gasteiger partial charge on any atom is -0.461 e. The lowest BCUT2D eigenvalue weighted by Crippen LogP contribution is -2.34. The quantitative estimate of drug-likeness (QED) is 0.805. The summed E-state index contributed by atoms with van der Waals surface area (Å²) in [4.78, 5) is 14.9.